The summed E-state index contributed by atoms with van der Waals surface area (Å²) in [6.45, 7) is 2.72. The van der Waals surface area contributed by atoms with Crippen LogP contribution < -0.4 is 10.0 Å². The van der Waals surface area contributed by atoms with E-state index in [-0.39, 0.29) is 10.9 Å². The highest BCUT2D eigenvalue weighted by Gasteiger charge is 2.23. The lowest BCUT2D eigenvalue weighted by Gasteiger charge is -2.22. The fourth-order valence-electron chi connectivity index (χ4n) is 2.38. The van der Waals surface area contributed by atoms with Gasteiger partial charge >= 0.3 is 0 Å². The Hall–Kier alpha value is -0.960. The second kappa shape index (κ2) is 6.43. The fraction of sp³-hybridized carbons (Fsp3) is 0.769. The summed E-state index contributed by atoms with van der Waals surface area (Å²) in [4.78, 5) is 0.236. The fourth-order valence-corrected chi connectivity index (χ4v) is 3.64. The van der Waals surface area contributed by atoms with Crippen LogP contribution in [0, 0.1) is 0 Å². The lowest BCUT2D eigenvalue weighted by Crippen LogP contribution is -2.38. The number of hydrogen-bond donors (Lipinski definition) is 2. The lowest BCUT2D eigenvalue weighted by atomic mass is 10.1. The molecular weight excluding hydrogens is 292 g/mol. The minimum absolute atomic E-state index is 0.0383. The molecule has 0 atom stereocenters. The summed E-state index contributed by atoms with van der Waals surface area (Å²) >= 11 is 0. The quantitative estimate of drug-likeness (QED) is 0.745. The predicted molar refractivity (Wildman–Crippen MR) is 77.4 cm³/mol. The van der Waals surface area contributed by atoms with E-state index in [1.165, 1.54) is 19.0 Å². The Bertz CT molecular complexity index is 562. The highest BCUT2D eigenvalue weighted by atomic mass is 32.2. The van der Waals surface area contributed by atoms with Crippen LogP contribution in [-0.4, -0.2) is 50.0 Å². The van der Waals surface area contributed by atoms with E-state index in [9.17, 15) is 8.42 Å². The van der Waals surface area contributed by atoms with Crippen molar-refractivity contribution < 1.29 is 13.2 Å². The van der Waals surface area contributed by atoms with Gasteiger partial charge in [-0.1, -0.05) is 0 Å². The predicted octanol–water partition coefficient (Wildman–Crippen LogP) is 0.0924. The summed E-state index contributed by atoms with van der Waals surface area (Å²) in [5.74, 6) is 0. The van der Waals surface area contributed by atoms with Gasteiger partial charge in [-0.05, 0) is 25.7 Å². The maximum Gasteiger partial charge on any atom is 0.243 e. The van der Waals surface area contributed by atoms with E-state index in [0.717, 1.165) is 19.4 Å². The van der Waals surface area contributed by atoms with Gasteiger partial charge in [-0.2, -0.15) is 5.10 Å². The van der Waals surface area contributed by atoms with Crippen molar-refractivity contribution >= 4 is 10.0 Å². The van der Waals surface area contributed by atoms with Crippen LogP contribution in [-0.2, 0) is 21.3 Å². The summed E-state index contributed by atoms with van der Waals surface area (Å²) in [7, 11) is -3.48. The second-order valence-corrected chi connectivity index (χ2v) is 7.39. The molecule has 0 unspecified atom stereocenters. The number of sulfonamides is 1. The van der Waals surface area contributed by atoms with E-state index in [1.807, 2.05) is 0 Å². The molecule has 3 rings (SSSR count). The first-order valence-electron chi connectivity index (χ1n) is 7.49. The molecule has 0 amide bonds. The van der Waals surface area contributed by atoms with Gasteiger partial charge in [0, 0.05) is 38.0 Å². The molecule has 2 aliphatic rings. The van der Waals surface area contributed by atoms with Gasteiger partial charge in [0.25, 0.3) is 0 Å². The Kier molecular flexibility index (Phi) is 4.58. The van der Waals surface area contributed by atoms with Crippen LogP contribution in [0.5, 0.6) is 0 Å². The minimum atomic E-state index is -3.48. The number of rotatable bonds is 7. The number of aromatic nitrogens is 2. The van der Waals surface area contributed by atoms with Gasteiger partial charge in [0.1, 0.15) is 4.90 Å². The standard InChI is InChI=1S/C13H22N4O3S/c18-21(19,16-12-3-7-20-8-4-12)13-9-15-17(10-13)6-5-14-11-1-2-11/h9-12,14,16H,1-8H2. The van der Waals surface area contributed by atoms with Gasteiger partial charge in [-0.15, -0.1) is 0 Å². The molecule has 1 saturated heterocycles. The molecule has 1 aliphatic carbocycles. The number of nitrogens with zero attached hydrogens (tertiary/aromatic N) is 2. The van der Waals surface area contributed by atoms with Crippen LogP contribution in [0.15, 0.2) is 17.3 Å². The molecule has 0 bridgehead atoms. The number of hydrogen-bond acceptors (Lipinski definition) is 5. The Balaban J connectivity index is 1.55. The van der Waals surface area contributed by atoms with Crippen LogP contribution in [0.2, 0.25) is 0 Å². The third kappa shape index (κ3) is 4.26. The average molecular weight is 314 g/mol. The number of nitrogens with one attached hydrogen (secondary N) is 2. The Morgan fingerprint density at radius 2 is 2.00 bits per heavy atom. The molecule has 1 aromatic rings. The van der Waals surface area contributed by atoms with Crippen molar-refractivity contribution in [3.8, 4) is 0 Å². The van der Waals surface area contributed by atoms with E-state index < -0.39 is 10.0 Å². The lowest BCUT2D eigenvalue weighted by molar-refractivity contribution is 0.0832. The van der Waals surface area contributed by atoms with E-state index in [4.69, 9.17) is 4.74 Å². The van der Waals surface area contributed by atoms with Crippen LogP contribution in [0.1, 0.15) is 25.7 Å². The van der Waals surface area contributed by atoms with Gasteiger partial charge in [0.15, 0.2) is 0 Å². The smallest absolute Gasteiger partial charge is 0.243 e. The summed E-state index contributed by atoms with van der Waals surface area (Å²) in [5.41, 5.74) is 0. The first-order chi connectivity index (χ1) is 10.1. The summed E-state index contributed by atoms with van der Waals surface area (Å²) in [5, 5.41) is 7.50. The highest BCUT2D eigenvalue weighted by molar-refractivity contribution is 7.89. The molecule has 0 aromatic carbocycles. The molecule has 2 fully saturated rings. The molecule has 2 heterocycles. The highest BCUT2D eigenvalue weighted by Crippen LogP contribution is 2.18. The maximum atomic E-state index is 12.3. The van der Waals surface area contributed by atoms with Gasteiger partial charge in [-0.25, -0.2) is 13.1 Å². The number of ether oxygens (including phenoxy) is 1. The monoisotopic (exact) mass is 314 g/mol. The van der Waals surface area contributed by atoms with Crippen molar-refractivity contribution in [3.05, 3.63) is 12.4 Å². The molecular formula is C13H22N4O3S. The molecule has 7 nitrogen and oxygen atoms in total. The molecule has 0 radical (unpaired) electrons. The largest absolute Gasteiger partial charge is 0.381 e. The third-order valence-electron chi connectivity index (χ3n) is 3.81. The zero-order valence-corrected chi connectivity index (χ0v) is 12.8. The zero-order chi connectivity index (χ0) is 14.7. The van der Waals surface area contributed by atoms with Crippen molar-refractivity contribution in [2.24, 2.45) is 0 Å². The van der Waals surface area contributed by atoms with Crippen LogP contribution in [0.3, 0.4) is 0 Å². The zero-order valence-electron chi connectivity index (χ0n) is 12.0. The topological polar surface area (TPSA) is 85.2 Å². The molecule has 118 valence electrons. The van der Waals surface area contributed by atoms with Crippen molar-refractivity contribution in [1.29, 1.82) is 0 Å². The average Bonchev–Trinajstić information content (AvgIpc) is 3.15. The van der Waals surface area contributed by atoms with Crippen LogP contribution >= 0.6 is 0 Å². The molecule has 8 heteroatoms. The molecule has 0 spiro atoms. The van der Waals surface area contributed by atoms with Gasteiger partial charge in [0.05, 0.1) is 12.7 Å². The van der Waals surface area contributed by atoms with E-state index in [2.05, 4.69) is 15.1 Å². The summed E-state index contributed by atoms with van der Waals surface area (Å²) in [6, 6.07) is 0.614. The Labute approximate surface area is 125 Å². The summed E-state index contributed by atoms with van der Waals surface area (Å²) in [6.07, 6.45) is 6.94. The van der Waals surface area contributed by atoms with E-state index >= 15 is 0 Å². The molecule has 21 heavy (non-hydrogen) atoms. The molecule has 1 aliphatic heterocycles. The molecule has 2 N–H and O–H groups in total. The van der Waals surface area contributed by atoms with Crippen molar-refractivity contribution in [3.63, 3.8) is 0 Å². The normalized spacial score (nSPS) is 20.8. The Morgan fingerprint density at radius 1 is 1.24 bits per heavy atom. The minimum Gasteiger partial charge on any atom is -0.381 e. The van der Waals surface area contributed by atoms with Crippen LogP contribution in [0.4, 0.5) is 0 Å². The second-order valence-electron chi connectivity index (χ2n) is 5.68. The first-order valence-corrected chi connectivity index (χ1v) is 8.98. The molecule has 1 aromatic heterocycles. The maximum absolute atomic E-state index is 12.3. The van der Waals surface area contributed by atoms with Crippen LogP contribution in [0.25, 0.3) is 0 Å². The summed E-state index contributed by atoms with van der Waals surface area (Å²) < 4.78 is 34.2. The SMILES string of the molecule is O=S(=O)(NC1CCOCC1)c1cnn(CCNC2CC2)c1. The Morgan fingerprint density at radius 3 is 2.71 bits per heavy atom. The molecule has 1 saturated carbocycles. The van der Waals surface area contributed by atoms with Gasteiger partial charge < -0.3 is 10.1 Å². The van der Waals surface area contributed by atoms with E-state index in [1.54, 1.807) is 10.9 Å². The van der Waals surface area contributed by atoms with Gasteiger partial charge in [0.2, 0.25) is 10.0 Å². The van der Waals surface area contributed by atoms with Crippen molar-refractivity contribution in [2.45, 2.75) is 49.2 Å². The van der Waals surface area contributed by atoms with Crippen molar-refractivity contribution in [2.75, 3.05) is 19.8 Å². The first kappa shape index (κ1) is 15.0. The van der Waals surface area contributed by atoms with Gasteiger partial charge in [-0.3, -0.25) is 4.68 Å². The van der Waals surface area contributed by atoms with Crippen molar-refractivity contribution in [1.82, 2.24) is 19.8 Å². The third-order valence-corrected chi connectivity index (χ3v) is 5.29. The van der Waals surface area contributed by atoms with E-state index in [0.29, 0.717) is 25.8 Å².